The number of aromatic amines is 1. The summed E-state index contributed by atoms with van der Waals surface area (Å²) in [6.07, 6.45) is 4.80. The Balaban J connectivity index is 1.45. The van der Waals surface area contributed by atoms with E-state index in [1.807, 2.05) is 19.1 Å². The van der Waals surface area contributed by atoms with Crippen molar-refractivity contribution in [3.05, 3.63) is 29.7 Å². The molecule has 9 nitrogen and oxygen atoms in total. The standard InChI is InChI=1S/C23H25N5O4/c1-12-17(23(29)28-14-6-7-24-8-14)19-21(27-12)20(26-10-25-19)18-15(30-9-13-2-3-13)4-5-16-22(18)32-11-31-16/h4-5,10,13-14,24,27H,2-3,6-9,11H2,1H3,(H,28,29). The molecule has 2 aromatic heterocycles. The van der Waals surface area contributed by atoms with Gasteiger partial charge in [0, 0.05) is 18.3 Å². The Kier molecular flexibility index (Phi) is 4.64. The number of aryl methyl sites for hydroxylation is 1. The average Bonchev–Trinajstić information content (AvgIpc) is 3.14. The van der Waals surface area contributed by atoms with Crippen molar-refractivity contribution >= 4 is 16.9 Å². The Bertz CT molecular complexity index is 1200. The van der Waals surface area contributed by atoms with Crippen LogP contribution >= 0.6 is 0 Å². The normalized spacial score (nSPS) is 19.5. The molecular formula is C23H25N5O4. The maximum Gasteiger partial charge on any atom is 0.255 e. The van der Waals surface area contributed by atoms with Gasteiger partial charge in [-0.3, -0.25) is 4.79 Å². The minimum atomic E-state index is -0.129. The van der Waals surface area contributed by atoms with Gasteiger partial charge in [0.2, 0.25) is 6.79 Å². The molecule has 1 unspecified atom stereocenters. The van der Waals surface area contributed by atoms with Crippen LogP contribution in [0, 0.1) is 12.8 Å². The molecule has 0 bridgehead atoms. The smallest absolute Gasteiger partial charge is 0.255 e. The van der Waals surface area contributed by atoms with Crippen molar-refractivity contribution in [3.8, 4) is 28.5 Å². The van der Waals surface area contributed by atoms with Crippen molar-refractivity contribution in [2.24, 2.45) is 5.92 Å². The van der Waals surface area contributed by atoms with Crippen molar-refractivity contribution in [2.75, 3.05) is 26.5 Å². The van der Waals surface area contributed by atoms with E-state index in [0.29, 0.717) is 52.1 Å². The van der Waals surface area contributed by atoms with Crippen molar-refractivity contribution < 1.29 is 19.0 Å². The van der Waals surface area contributed by atoms with E-state index in [-0.39, 0.29) is 18.7 Å². The van der Waals surface area contributed by atoms with Gasteiger partial charge in [-0.05, 0) is 50.8 Å². The minimum Gasteiger partial charge on any atom is -0.492 e. The number of hydrogen-bond donors (Lipinski definition) is 3. The highest BCUT2D eigenvalue weighted by Gasteiger charge is 2.30. The molecule has 1 atom stereocenters. The van der Waals surface area contributed by atoms with Crippen LogP contribution in [0.3, 0.4) is 0 Å². The largest absolute Gasteiger partial charge is 0.492 e. The summed E-state index contributed by atoms with van der Waals surface area (Å²) in [5.74, 6) is 2.42. The number of amides is 1. The molecule has 0 spiro atoms. The molecule has 4 heterocycles. The second-order valence-electron chi connectivity index (χ2n) is 8.66. The molecule has 166 valence electrons. The van der Waals surface area contributed by atoms with Crippen LogP contribution in [-0.4, -0.2) is 53.4 Å². The minimum absolute atomic E-state index is 0.124. The Hall–Kier alpha value is -3.33. The van der Waals surface area contributed by atoms with Crippen LogP contribution in [-0.2, 0) is 0 Å². The molecule has 9 heteroatoms. The third-order valence-electron chi connectivity index (χ3n) is 6.30. The summed E-state index contributed by atoms with van der Waals surface area (Å²) in [5.41, 5.74) is 3.91. The Morgan fingerprint density at radius 1 is 1.25 bits per heavy atom. The van der Waals surface area contributed by atoms with Crippen LogP contribution in [0.15, 0.2) is 18.5 Å². The van der Waals surface area contributed by atoms with Crippen LogP contribution in [0.25, 0.3) is 22.3 Å². The zero-order valence-electron chi connectivity index (χ0n) is 17.9. The van der Waals surface area contributed by atoms with E-state index in [1.54, 1.807) is 0 Å². The maximum atomic E-state index is 13.1. The third-order valence-corrected chi connectivity index (χ3v) is 6.30. The van der Waals surface area contributed by atoms with Gasteiger partial charge in [-0.15, -0.1) is 0 Å². The molecule has 1 amide bonds. The first-order chi connectivity index (χ1) is 15.7. The molecular weight excluding hydrogens is 410 g/mol. The van der Waals surface area contributed by atoms with Crippen molar-refractivity contribution in [1.29, 1.82) is 0 Å². The molecule has 0 radical (unpaired) electrons. The summed E-state index contributed by atoms with van der Waals surface area (Å²) in [6, 6.07) is 3.88. The predicted molar refractivity (Wildman–Crippen MR) is 117 cm³/mol. The molecule has 3 N–H and O–H groups in total. The fraction of sp³-hybridized carbons (Fsp3) is 0.435. The lowest BCUT2D eigenvalue weighted by Gasteiger charge is -2.14. The molecule has 2 aliphatic heterocycles. The number of fused-ring (bicyclic) bond motifs is 2. The van der Waals surface area contributed by atoms with Crippen molar-refractivity contribution in [2.45, 2.75) is 32.2 Å². The zero-order chi connectivity index (χ0) is 21.7. The molecule has 32 heavy (non-hydrogen) atoms. The van der Waals surface area contributed by atoms with E-state index in [4.69, 9.17) is 14.2 Å². The third kappa shape index (κ3) is 3.33. The summed E-state index contributed by atoms with van der Waals surface area (Å²) in [5, 5.41) is 6.39. The number of carbonyl (C=O) groups excluding carboxylic acids is 1. The van der Waals surface area contributed by atoms with Gasteiger partial charge < -0.3 is 29.8 Å². The highest BCUT2D eigenvalue weighted by atomic mass is 16.7. The fourth-order valence-corrected chi connectivity index (χ4v) is 4.41. The second-order valence-corrected chi connectivity index (χ2v) is 8.66. The Morgan fingerprint density at radius 3 is 2.97 bits per heavy atom. The van der Waals surface area contributed by atoms with Crippen LogP contribution in [0.2, 0.25) is 0 Å². The van der Waals surface area contributed by atoms with Gasteiger partial charge in [0.05, 0.1) is 23.3 Å². The Morgan fingerprint density at radius 2 is 2.16 bits per heavy atom. The van der Waals surface area contributed by atoms with Gasteiger partial charge in [-0.1, -0.05) is 0 Å². The number of benzene rings is 1. The molecule has 1 saturated carbocycles. The van der Waals surface area contributed by atoms with Gasteiger partial charge in [-0.2, -0.15) is 0 Å². The highest BCUT2D eigenvalue weighted by molar-refractivity contribution is 6.09. The molecule has 2 fully saturated rings. The topological polar surface area (TPSA) is 110 Å². The molecule has 1 saturated heterocycles. The van der Waals surface area contributed by atoms with Crippen LogP contribution in [0.1, 0.15) is 35.3 Å². The summed E-state index contributed by atoms with van der Waals surface area (Å²) in [7, 11) is 0. The maximum absolute atomic E-state index is 13.1. The van der Waals surface area contributed by atoms with Crippen LogP contribution in [0.4, 0.5) is 0 Å². The van der Waals surface area contributed by atoms with Gasteiger partial charge >= 0.3 is 0 Å². The molecule has 1 aliphatic carbocycles. The summed E-state index contributed by atoms with van der Waals surface area (Å²) in [6.45, 7) is 4.38. The number of nitrogens with zero attached hydrogens (tertiary/aromatic N) is 2. The number of hydrogen-bond acceptors (Lipinski definition) is 7. The number of H-pyrrole nitrogens is 1. The first-order valence-electron chi connectivity index (χ1n) is 11.1. The van der Waals surface area contributed by atoms with Crippen LogP contribution in [0.5, 0.6) is 17.2 Å². The number of nitrogens with one attached hydrogen (secondary N) is 3. The molecule has 3 aromatic rings. The highest BCUT2D eigenvalue weighted by Crippen LogP contribution is 2.48. The first-order valence-corrected chi connectivity index (χ1v) is 11.1. The van der Waals surface area contributed by atoms with Gasteiger partial charge in [0.15, 0.2) is 11.5 Å². The SMILES string of the molecule is Cc1[nH]c2c(-c3c(OCC4CC4)ccc4c3OCO4)ncnc2c1C(=O)NC1CCNC1. The van der Waals surface area contributed by atoms with E-state index in [1.165, 1.54) is 19.2 Å². The number of ether oxygens (including phenoxy) is 3. The monoisotopic (exact) mass is 435 g/mol. The predicted octanol–water partition coefficient (Wildman–Crippen LogP) is 2.54. The lowest BCUT2D eigenvalue weighted by atomic mass is 10.1. The second kappa shape index (κ2) is 7.67. The number of carbonyl (C=O) groups is 1. The number of rotatable bonds is 6. The van der Waals surface area contributed by atoms with Crippen molar-refractivity contribution in [3.63, 3.8) is 0 Å². The molecule has 3 aliphatic rings. The van der Waals surface area contributed by atoms with Gasteiger partial charge in [0.1, 0.15) is 23.3 Å². The average molecular weight is 435 g/mol. The van der Waals surface area contributed by atoms with Crippen molar-refractivity contribution in [1.82, 2.24) is 25.6 Å². The summed E-state index contributed by atoms with van der Waals surface area (Å²) in [4.78, 5) is 25.5. The zero-order valence-corrected chi connectivity index (χ0v) is 17.9. The molecule has 6 rings (SSSR count). The van der Waals surface area contributed by atoms with E-state index in [2.05, 4.69) is 25.6 Å². The van der Waals surface area contributed by atoms with E-state index in [9.17, 15) is 4.79 Å². The van der Waals surface area contributed by atoms with E-state index < -0.39 is 0 Å². The lowest BCUT2D eigenvalue weighted by molar-refractivity contribution is 0.0941. The summed E-state index contributed by atoms with van der Waals surface area (Å²) < 4.78 is 17.6. The van der Waals surface area contributed by atoms with E-state index >= 15 is 0 Å². The first kappa shape index (κ1) is 19.4. The number of aromatic nitrogens is 3. The van der Waals surface area contributed by atoms with E-state index in [0.717, 1.165) is 30.8 Å². The quantitative estimate of drug-likeness (QED) is 0.546. The van der Waals surface area contributed by atoms with Gasteiger partial charge in [0.25, 0.3) is 5.91 Å². The fourth-order valence-electron chi connectivity index (χ4n) is 4.41. The molecule has 1 aromatic carbocycles. The lowest BCUT2D eigenvalue weighted by Crippen LogP contribution is -2.36. The van der Waals surface area contributed by atoms with Crippen LogP contribution < -0.4 is 24.8 Å². The Labute approximate surface area is 184 Å². The van der Waals surface area contributed by atoms with Gasteiger partial charge in [-0.25, -0.2) is 9.97 Å². The summed E-state index contributed by atoms with van der Waals surface area (Å²) >= 11 is 0.